The van der Waals surface area contributed by atoms with Gasteiger partial charge >= 0.3 is 5.97 Å². The van der Waals surface area contributed by atoms with Crippen molar-refractivity contribution in [1.29, 1.82) is 0 Å². The minimum Gasteiger partial charge on any atom is -0.481 e. The van der Waals surface area contributed by atoms with E-state index in [1.54, 1.807) is 79.3 Å². The van der Waals surface area contributed by atoms with E-state index in [0.717, 1.165) is 28.6 Å². The summed E-state index contributed by atoms with van der Waals surface area (Å²) in [7, 11) is 2.94. The van der Waals surface area contributed by atoms with E-state index >= 15 is 0 Å². The Morgan fingerprint density at radius 2 is 1.08 bits per heavy atom. The van der Waals surface area contributed by atoms with Crippen molar-refractivity contribution >= 4 is 57.6 Å². The SMILES string of the molecule is COc1cc(-c2nc3cc(C(=O)NCc4ccc5nccn5c4)ccc3nc2-c2ccc(F)cc2)c(F)cn1.COc1cc(-c2nc3cc(C(=O)O)ccc3nc2-c2ccc(F)cc2)ccn1.Cl.NCc1ccc2nccn2c1. The number of fused-ring (bicyclic) bond motifs is 4. The Morgan fingerprint density at radius 3 is 1.67 bits per heavy atom. The van der Waals surface area contributed by atoms with Gasteiger partial charge in [0.1, 0.15) is 28.6 Å². The quantitative estimate of drug-likeness (QED) is 0.110. The standard InChI is InChI=1S/C29H20F2N6O2.C21H14FN3O3.C8H9N3.ClH/c1-39-26-13-21(22(31)15-33-26)28-27(18-3-6-20(30)7-4-18)35-23-8-5-19(12-24(23)36-28)29(38)34-14-17-2-9-25-32-10-11-37(25)16-17;1-28-18-11-13(8-9-23-18)20-19(12-2-5-15(22)6-3-12)24-16-7-4-14(21(26)27)10-17(16)25-20;9-5-7-1-2-8-10-3-4-11(8)6-7;/h2-13,15-16H,14H2,1H3,(H,34,38);2-11H,1H3,(H,26,27);1-4,6H,5,9H2;1H. The van der Waals surface area contributed by atoms with Gasteiger partial charge in [-0.3, -0.25) is 4.79 Å². The van der Waals surface area contributed by atoms with Crippen LogP contribution in [0.15, 0.2) is 177 Å². The number of methoxy groups -OCH3 is 2. The number of carboxylic acids is 1. The topological polar surface area (TPSA) is 223 Å². The van der Waals surface area contributed by atoms with Crippen molar-refractivity contribution in [3.63, 3.8) is 0 Å². The van der Waals surface area contributed by atoms with Gasteiger partial charge in [-0.2, -0.15) is 0 Å². The zero-order chi connectivity index (χ0) is 54.3. The van der Waals surface area contributed by atoms with Crippen molar-refractivity contribution in [3.05, 3.63) is 217 Å². The molecule has 0 bridgehead atoms. The lowest BCUT2D eigenvalue weighted by Gasteiger charge is -2.13. The third kappa shape index (κ3) is 12.1. The van der Waals surface area contributed by atoms with E-state index in [9.17, 15) is 27.9 Å². The summed E-state index contributed by atoms with van der Waals surface area (Å²) in [5.41, 5.74) is 15.3. The molecule has 0 fully saturated rings. The molecular formula is C58H44ClF3N12O5. The Balaban J connectivity index is 0.000000164. The van der Waals surface area contributed by atoms with E-state index in [2.05, 4.69) is 35.2 Å². The van der Waals surface area contributed by atoms with Crippen LogP contribution in [0.4, 0.5) is 13.2 Å². The predicted molar refractivity (Wildman–Crippen MR) is 293 cm³/mol. The van der Waals surface area contributed by atoms with Crippen molar-refractivity contribution in [2.24, 2.45) is 5.73 Å². The number of ether oxygens (including phenoxy) is 2. The molecule has 0 spiro atoms. The number of hydrogen-bond donors (Lipinski definition) is 3. The van der Waals surface area contributed by atoms with Crippen molar-refractivity contribution in [3.8, 4) is 56.8 Å². The number of benzene rings is 4. The molecule has 8 heterocycles. The fourth-order valence-corrected chi connectivity index (χ4v) is 8.21. The van der Waals surface area contributed by atoms with E-state index < -0.39 is 17.6 Å². The number of nitrogens with one attached hydrogen (secondary N) is 1. The van der Waals surface area contributed by atoms with Gasteiger partial charge < -0.3 is 34.4 Å². The molecule has 0 saturated heterocycles. The third-order valence-electron chi connectivity index (χ3n) is 12.2. The second-order valence-electron chi connectivity index (χ2n) is 17.2. The summed E-state index contributed by atoms with van der Waals surface area (Å²) in [4.78, 5) is 59.4. The summed E-state index contributed by atoms with van der Waals surface area (Å²) in [5, 5.41) is 12.2. The smallest absolute Gasteiger partial charge is 0.335 e. The van der Waals surface area contributed by atoms with Gasteiger partial charge in [-0.05, 0) is 114 Å². The lowest BCUT2D eigenvalue weighted by molar-refractivity contribution is 0.0696. The number of carbonyl (C=O) groups is 2. The van der Waals surface area contributed by atoms with Crippen molar-refractivity contribution in [2.75, 3.05) is 14.2 Å². The van der Waals surface area contributed by atoms with Crippen molar-refractivity contribution in [1.82, 2.24) is 54.0 Å². The Morgan fingerprint density at radius 1 is 0.557 bits per heavy atom. The number of carbonyl (C=O) groups excluding carboxylic acids is 1. The van der Waals surface area contributed by atoms with Gasteiger partial charge in [0.2, 0.25) is 11.8 Å². The molecular weight excluding hydrogens is 1040 g/mol. The molecule has 21 heteroatoms. The predicted octanol–water partition coefficient (Wildman–Crippen LogP) is 10.6. The summed E-state index contributed by atoms with van der Waals surface area (Å²) in [6.07, 6.45) is 13.7. The largest absolute Gasteiger partial charge is 0.481 e. The molecule has 12 aromatic rings. The normalized spacial score (nSPS) is 10.8. The van der Waals surface area contributed by atoms with E-state index in [0.29, 0.717) is 80.4 Å². The van der Waals surface area contributed by atoms with Crippen LogP contribution in [0.25, 0.3) is 78.4 Å². The van der Waals surface area contributed by atoms with Crippen LogP contribution in [0.5, 0.6) is 11.8 Å². The molecule has 12 rings (SSSR count). The molecule has 0 aliphatic heterocycles. The summed E-state index contributed by atoms with van der Waals surface area (Å²) in [5.74, 6) is -2.13. The molecule has 0 unspecified atom stereocenters. The summed E-state index contributed by atoms with van der Waals surface area (Å²) in [6, 6.07) is 33.7. The van der Waals surface area contributed by atoms with E-state index in [1.807, 2.05) is 57.9 Å². The Kier molecular flexibility index (Phi) is 16.2. The summed E-state index contributed by atoms with van der Waals surface area (Å²) < 4.78 is 56.2. The molecule has 0 saturated carbocycles. The first-order valence-electron chi connectivity index (χ1n) is 23.8. The fourth-order valence-electron chi connectivity index (χ4n) is 8.21. The van der Waals surface area contributed by atoms with Crippen LogP contribution < -0.4 is 20.5 Å². The maximum absolute atomic E-state index is 15.0. The maximum atomic E-state index is 15.0. The first kappa shape index (κ1) is 53.6. The van der Waals surface area contributed by atoms with E-state index in [1.165, 1.54) is 56.7 Å². The molecule has 8 aromatic heterocycles. The van der Waals surface area contributed by atoms with Crippen LogP contribution in [0.3, 0.4) is 0 Å². The highest BCUT2D eigenvalue weighted by Crippen LogP contribution is 2.35. The van der Waals surface area contributed by atoms with E-state index in [4.69, 9.17) is 25.2 Å². The zero-order valence-corrected chi connectivity index (χ0v) is 42.6. The second kappa shape index (κ2) is 23.8. The lowest BCUT2D eigenvalue weighted by Crippen LogP contribution is -2.23. The molecule has 4 N–H and O–H groups in total. The molecule has 17 nitrogen and oxygen atoms in total. The van der Waals surface area contributed by atoms with Gasteiger partial charge in [-0.25, -0.2) is 57.8 Å². The fraction of sp³-hybridized carbons (Fsp3) is 0.0690. The summed E-state index contributed by atoms with van der Waals surface area (Å²) >= 11 is 0. The molecule has 79 heavy (non-hydrogen) atoms. The van der Waals surface area contributed by atoms with Crippen molar-refractivity contribution < 1.29 is 37.3 Å². The second-order valence-corrected chi connectivity index (χ2v) is 17.2. The highest BCUT2D eigenvalue weighted by molar-refractivity contribution is 5.98. The average Bonchev–Trinajstić information content (AvgIpc) is 4.28. The monoisotopic (exact) mass is 1080 g/mol. The Hall–Kier alpha value is -10.2. The first-order valence-corrected chi connectivity index (χ1v) is 23.8. The number of imidazole rings is 2. The maximum Gasteiger partial charge on any atom is 0.335 e. The minimum absolute atomic E-state index is 0. The zero-order valence-electron chi connectivity index (χ0n) is 41.8. The number of nitrogens with two attached hydrogens (primary N) is 1. The van der Waals surface area contributed by atoms with Crippen LogP contribution in [0, 0.1) is 17.5 Å². The van der Waals surface area contributed by atoms with Crippen LogP contribution >= 0.6 is 12.4 Å². The molecule has 0 radical (unpaired) electrons. The molecule has 0 atom stereocenters. The number of aromatic nitrogens is 10. The molecule has 0 aliphatic carbocycles. The number of halogens is 4. The minimum atomic E-state index is -1.04. The van der Waals surface area contributed by atoms with Crippen LogP contribution in [0.2, 0.25) is 0 Å². The van der Waals surface area contributed by atoms with Crippen LogP contribution in [-0.2, 0) is 13.1 Å². The number of amides is 1. The highest BCUT2D eigenvalue weighted by Gasteiger charge is 2.20. The van der Waals surface area contributed by atoms with Crippen LogP contribution in [-0.4, -0.2) is 79.9 Å². The van der Waals surface area contributed by atoms with Gasteiger partial charge in [0.15, 0.2) is 5.82 Å². The lowest BCUT2D eigenvalue weighted by atomic mass is 10.0. The molecule has 394 valence electrons. The molecule has 4 aromatic carbocycles. The Labute approximate surface area is 453 Å². The average molecular weight is 1080 g/mol. The number of nitrogens with zero attached hydrogens (tertiary/aromatic N) is 10. The van der Waals surface area contributed by atoms with Gasteiger partial charge in [0, 0.05) is 96.4 Å². The van der Waals surface area contributed by atoms with Gasteiger partial charge in [-0.1, -0.05) is 12.1 Å². The number of pyridine rings is 4. The van der Waals surface area contributed by atoms with Gasteiger partial charge in [0.25, 0.3) is 5.91 Å². The Bertz CT molecular complexity index is 4180. The third-order valence-corrected chi connectivity index (χ3v) is 12.2. The highest BCUT2D eigenvalue weighted by atomic mass is 35.5. The number of hydrogen-bond acceptors (Lipinski definition) is 13. The number of aromatic carboxylic acids is 1. The van der Waals surface area contributed by atoms with Crippen molar-refractivity contribution in [2.45, 2.75) is 13.1 Å². The first-order chi connectivity index (χ1) is 37.9. The van der Waals surface area contributed by atoms with Gasteiger partial charge in [-0.15, -0.1) is 12.4 Å². The summed E-state index contributed by atoms with van der Waals surface area (Å²) in [6.45, 7) is 0.890. The van der Waals surface area contributed by atoms with Gasteiger partial charge in [0.05, 0.1) is 65.1 Å². The van der Waals surface area contributed by atoms with Crippen LogP contribution in [0.1, 0.15) is 31.8 Å². The number of carboxylic acid groups (broad SMARTS) is 1. The molecule has 1 amide bonds. The van der Waals surface area contributed by atoms with E-state index in [-0.39, 0.29) is 46.8 Å². The molecule has 0 aliphatic rings. The number of rotatable bonds is 11.